The molecule has 0 aliphatic carbocycles. The molecule has 2 rings (SSSR count). The first-order chi connectivity index (χ1) is 17.8. The van der Waals surface area contributed by atoms with Crippen LogP contribution in [0.1, 0.15) is 72.4 Å². The second-order valence-corrected chi connectivity index (χ2v) is 12.2. The molecule has 0 aromatic heterocycles. The third-order valence-corrected chi connectivity index (χ3v) is 6.33. The van der Waals surface area contributed by atoms with Crippen LogP contribution in [0.4, 0.5) is 0 Å². The van der Waals surface area contributed by atoms with Gasteiger partial charge in [0.05, 0.1) is 6.04 Å². The van der Waals surface area contributed by atoms with Crippen molar-refractivity contribution in [1.29, 1.82) is 0 Å². The highest BCUT2D eigenvalue weighted by Gasteiger charge is 2.30. The van der Waals surface area contributed by atoms with Crippen LogP contribution in [0.25, 0.3) is 0 Å². The van der Waals surface area contributed by atoms with Crippen molar-refractivity contribution in [2.24, 2.45) is 11.8 Å². The van der Waals surface area contributed by atoms with Crippen LogP contribution in [-0.4, -0.2) is 47.9 Å². The van der Waals surface area contributed by atoms with Crippen molar-refractivity contribution in [3.8, 4) is 5.75 Å². The van der Waals surface area contributed by atoms with Gasteiger partial charge in [-0.3, -0.25) is 14.5 Å². The molecule has 0 heterocycles. The van der Waals surface area contributed by atoms with Gasteiger partial charge in [0.25, 0.3) is 0 Å². The fraction of sp³-hybridized carbons (Fsp3) is 0.562. The molecule has 0 saturated heterocycles. The Morgan fingerprint density at radius 3 is 2.05 bits per heavy atom. The van der Waals surface area contributed by atoms with Gasteiger partial charge in [-0.25, -0.2) is 0 Å². The van der Waals surface area contributed by atoms with Crippen molar-refractivity contribution in [3.63, 3.8) is 0 Å². The van der Waals surface area contributed by atoms with Gasteiger partial charge >= 0.3 is 0 Å². The van der Waals surface area contributed by atoms with Gasteiger partial charge in [0.1, 0.15) is 18.4 Å². The number of likely N-dealkylation sites (N-methyl/N-ethyl adjacent to an activating group) is 1. The molecule has 0 unspecified atom stereocenters. The summed E-state index contributed by atoms with van der Waals surface area (Å²) in [5.41, 5.74) is 1.66. The topological polar surface area (TPSA) is 70.7 Å². The van der Waals surface area contributed by atoms with Crippen LogP contribution in [0.5, 0.6) is 5.75 Å². The lowest BCUT2D eigenvalue weighted by molar-refractivity contribution is -0.132. The highest BCUT2D eigenvalue weighted by molar-refractivity contribution is 5.90. The Bertz CT molecular complexity index is 981. The number of rotatable bonds is 14. The van der Waals surface area contributed by atoms with Crippen molar-refractivity contribution >= 4 is 11.8 Å². The molecule has 0 saturated carbocycles. The van der Waals surface area contributed by atoms with Gasteiger partial charge in [0.2, 0.25) is 11.8 Å². The zero-order valence-corrected chi connectivity index (χ0v) is 24.7. The van der Waals surface area contributed by atoms with Gasteiger partial charge in [-0.1, -0.05) is 70.2 Å². The number of hydrogen-bond acceptors (Lipinski definition) is 4. The van der Waals surface area contributed by atoms with E-state index in [0.29, 0.717) is 24.9 Å². The summed E-state index contributed by atoms with van der Waals surface area (Å²) in [6.07, 6.45) is 2.16. The van der Waals surface area contributed by atoms with E-state index in [4.69, 9.17) is 4.74 Å². The highest BCUT2D eigenvalue weighted by atomic mass is 16.5. The second kappa shape index (κ2) is 14.9. The Hall–Kier alpha value is -2.86. The fourth-order valence-corrected chi connectivity index (χ4v) is 4.18. The molecule has 0 bridgehead atoms. The first-order valence-corrected chi connectivity index (χ1v) is 13.9. The van der Waals surface area contributed by atoms with Crippen LogP contribution in [0.3, 0.4) is 0 Å². The van der Waals surface area contributed by atoms with Crippen LogP contribution in [0.2, 0.25) is 0 Å². The standard InChI is InChI=1S/C32H49N3O3/c1-23(2)18-19-35(8)29(20-24(3)4)31(37)33-28(30(36)34-32(5,6)7)21-25-14-16-27(17-15-25)38-22-26-12-10-9-11-13-26/h9-17,23-24,28-29H,18-22H2,1-8H3,(H,33,37)(H,34,36)/t28-,29+/m0/s1. The summed E-state index contributed by atoms with van der Waals surface area (Å²) in [6, 6.07) is 16.8. The lowest BCUT2D eigenvalue weighted by Gasteiger charge is -2.31. The number of amides is 2. The van der Waals surface area contributed by atoms with Gasteiger partial charge in [0, 0.05) is 12.0 Å². The summed E-state index contributed by atoms with van der Waals surface area (Å²) in [7, 11) is 2.01. The van der Waals surface area contributed by atoms with E-state index < -0.39 is 11.6 Å². The number of nitrogens with zero attached hydrogens (tertiary/aromatic N) is 1. The fourth-order valence-electron chi connectivity index (χ4n) is 4.18. The number of carbonyl (C=O) groups excluding carboxylic acids is 2. The molecule has 210 valence electrons. The molecule has 0 aliphatic rings. The first-order valence-electron chi connectivity index (χ1n) is 13.9. The van der Waals surface area contributed by atoms with Crippen molar-refractivity contribution in [2.45, 2.75) is 92.0 Å². The van der Waals surface area contributed by atoms with Crippen LogP contribution in [0.15, 0.2) is 54.6 Å². The molecule has 2 amide bonds. The molecule has 6 nitrogen and oxygen atoms in total. The maximum absolute atomic E-state index is 13.6. The second-order valence-electron chi connectivity index (χ2n) is 12.2. The lowest BCUT2D eigenvalue weighted by atomic mass is 9.99. The molecule has 0 aliphatic heterocycles. The average Bonchev–Trinajstić information content (AvgIpc) is 2.84. The third-order valence-electron chi connectivity index (χ3n) is 6.33. The summed E-state index contributed by atoms with van der Waals surface area (Å²) < 4.78 is 5.91. The summed E-state index contributed by atoms with van der Waals surface area (Å²) >= 11 is 0. The zero-order chi connectivity index (χ0) is 28.3. The number of nitrogens with one attached hydrogen (secondary N) is 2. The summed E-state index contributed by atoms with van der Waals surface area (Å²) in [4.78, 5) is 29.0. The smallest absolute Gasteiger partial charge is 0.243 e. The lowest BCUT2D eigenvalue weighted by Crippen LogP contribution is -2.56. The largest absolute Gasteiger partial charge is 0.489 e. The molecule has 0 spiro atoms. The SMILES string of the molecule is CC(C)CCN(C)[C@H](CC(C)C)C(=O)N[C@@H](Cc1ccc(OCc2ccccc2)cc1)C(=O)NC(C)(C)C. The number of ether oxygens (including phenoxy) is 1. The maximum Gasteiger partial charge on any atom is 0.243 e. The molecular formula is C32H49N3O3. The van der Waals surface area contributed by atoms with E-state index in [2.05, 4.69) is 43.2 Å². The van der Waals surface area contributed by atoms with Gasteiger partial charge in [-0.05, 0) is 82.3 Å². The monoisotopic (exact) mass is 523 g/mol. The molecule has 2 atom stereocenters. The Morgan fingerprint density at radius 2 is 1.50 bits per heavy atom. The molecule has 2 aromatic carbocycles. The molecule has 2 N–H and O–H groups in total. The predicted octanol–water partition coefficient (Wildman–Crippen LogP) is 5.60. The minimum Gasteiger partial charge on any atom is -0.489 e. The Morgan fingerprint density at radius 1 is 0.868 bits per heavy atom. The Kier molecular flexibility index (Phi) is 12.3. The van der Waals surface area contributed by atoms with E-state index in [-0.39, 0.29) is 17.9 Å². The quantitative estimate of drug-likeness (QED) is 0.338. The molecule has 38 heavy (non-hydrogen) atoms. The van der Waals surface area contributed by atoms with Gasteiger partial charge in [0.15, 0.2) is 0 Å². The predicted molar refractivity (Wildman–Crippen MR) is 156 cm³/mol. The van der Waals surface area contributed by atoms with Crippen LogP contribution in [0, 0.1) is 11.8 Å². The van der Waals surface area contributed by atoms with E-state index in [1.807, 2.05) is 82.4 Å². The van der Waals surface area contributed by atoms with E-state index in [0.717, 1.165) is 36.3 Å². The minimum absolute atomic E-state index is 0.0955. The normalized spacial score (nSPS) is 13.4. The molecule has 2 aromatic rings. The number of hydrogen-bond donors (Lipinski definition) is 2. The minimum atomic E-state index is -0.675. The average molecular weight is 524 g/mol. The number of benzene rings is 2. The van der Waals surface area contributed by atoms with Crippen molar-refractivity contribution in [2.75, 3.05) is 13.6 Å². The van der Waals surface area contributed by atoms with Crippen molar-refractivity contribution in [1.82, 2.24) is 15.5 Å². The van der Waals surface area contributed by atoms with Crippen molar-refractivity contribution in [3.05, 3.63) is 65.7 Å². The Balaban J connectivity index is 2.14. The van der Waals surface area contributed by atoms with E-state index in [1.54, 1.807) is 0 Å². The van der Waals surface area contributed by atoms with Crippen LogP contribution < -0.4 is 15.4 Å². The van der Waals surface area contributed by atoms with Gasteiger partial charge in [-0.15, -0.1) is 0 Å². The summed E-state index contributed by atoms with van der Waals surface area (Å²) in [5, 5.41) is 6.15. The van der Waals surface area contributed by atoms with E-state index in [1.165, 1.54) is 0 Å². The molecule has 0 fully saturated rings. The van der Waals surface area contributed by atoms with E-state index in [9.17, 15) is 9.59 Å². The third kappa shape index (κ3) is 11.7. The highest BCUT2D eigenvalue weighted by Crippen LogP contribution is 2.17. The molecular weight excluding hydrogens is 474 g/mol. The molecule has 6 heteroatoms. The van der Waals surface area contributed by atoms with E-state index >= 15 is 0 Å². The van der Waals surface area contributed by atoms with Crippen molar-refractivity contribution < 1.29 is 14.3 Å². The van der Waals surface area contributed by atoms with Crippen LogP contribution in [-0.2, 0) is 22.6 Å². The van der Waals surface area contributed by atoms with Gasteiger partial charge < -0.3 is 15.4 Å². The maximum atomic E-state index is 13.6. The molecule has 0 radical (unpaired) electrons. The zero-order valence-electron chi connectivity index (χ0n) is 24.7. The Labute approximate surface area is 230 Å². The first kappa shape index (κ1) is 31.4. The van der Waals surface area contributed by atoms with Gasteiger partial charge in [-0.2, -0.15) is 0 Å². The number of carbonyl (C=O) groups is 2. The summed E-state index contributed by atoms with van der Waals surface area (Å²) in [5.74, 6) is 1.41. The summed E-state index contributed by atoms with van der Waals surface area (Å²) in [6.45, 7) is 15.8. The van der Waals surface area contributed by atoms with Crippen LogP contribution >= 0.6 is 0 Å².